The molecule has 1 unspecified atom stereocenters. The zero-order valence-corrected chi connectivity index (χ0v) is 23.7. The van der Waals surface area contributed by atoms with Crippen molar-refractivity contribution in [1.29, 1.82) is 0 Å². The average molecular weight is 494 g/mol. The van der Waals surface area contributed by atoms with Crippen molar-refractivity contribution in [2.24, 2.45) is 5.92 Å². The summed E-state index contributed by atoms with van der Waals surface area (Å²) >= 11 is 0. The van der Waals surface area contributed by atoms with Crippen molar-refractivity contribution in [3.8, 4) is 0 Å². The number of likely N-dealkylation sites (N-methyl/N-ethyl adjacent to an activating group) is 1. The molecule has 0 spiro atoms. The Morgan fingerprint density at radius 2 is 1.81 bits per heavy atom. The standard InChI is InChI=1S/C28H43N5.C3H8/c1-5-24(2)12-13-25(3)27(28-11-7-8-15-31(28)4)14-17-33-20-18-32(19-21-33)16-9-6-10-26-22-29-23-30-26;1-3-2/h5,7-8,11-13,22-23,27H,3,6,9-10,14-21H2,1-2,4H3,(H,29,30);3H2,1-2H3/b13-12-,24-5-;. The van der Waals surface area contributed by atoms with Gasteiger partial charge in [-0.25, -0.2) is 4.98 Å². The maximum atomic E-state index is 4.47. The Labute approximate surface area is 221 Å². The van der Waals surface area contributed by atoms with E-state index < -0.39 is 0 Å². The smallest absolute Gasteiger partial charge is 0.0921 e. The highest BCUT2D eigenvalue weighted by atomic mass is 15.3. The second kappa shape index (κ2) is 17.1. The van der Waals surface area contributed by atoms with Crippen LogP contribution < -0.4 is 0 Å². The summed E-state index contributed by atoms with van der Waals surface area (Å²) in [7, 11) is 2.20. The fourth-order valence-electron chi connectivity index (χ4n) is 4.59. The lowest BCUT2D eigenvalue weighted by molar-refractivity contribution is 0.127. The minimum atomic E-state index is 0.362. The van der Waals surface area contributed by atoms with Gasteiger partial charge in [0.1, 0.15) is 0 Å². The highest BCUT2D eigenvalue weighted by Gasteiger charge is 2.23. The van der Waals surface area contributed by atoms with Crippen LogP contribution in [-0.2, 0) is 6.42 Å². The molecular formula is C31H51N5. The molecule has 200 valence electrons. The van der Waals surface area contributed by atoms with Gasteiger partial charge in [0.05, 0.1) is 6.33 Å². The number of aromatic amines is 1. The number of nitrogens with zero attached hydrogens (tertiary/aromatic N) is 4. The SMILES string of the molecule is C=C(/C=C\C(C)=C/C)C(CCN1CCN(CCCCc2cnc[nH]2)CC1)C1=CC=CCN1C.CCC. The molecule has 0 radical (unpaired) electrons. The summed E-state index contributed by atoms with van der Waals surface area (Å²) in [6.07, 6.45) is 22.9. The summed E-state index contributed by atoms with van der Waals surface area (Å²) in [6, 6.07) is 0. The van der Waals surface area contributed by atoms with Crippen LogP contribution in [0.5, 0.6) is 0 Å². The molecule has 0 aromatic carbocycles. The van der Waals surface area contributed by atoms with E-state index in [1.165, 1.54) is 74.5 Å². The molecular weight excluding hydrogens is 442 g/mol. The largest absolute Gasteiger partial charge is 0.374 e. The van der Waals surface area contributed by atoms with Gasteiger partial charge in [0.15, 0.2) is 0 Å². The van der Waals surface area contributed by atoms with Crippen LogP contribution in [0.25, 0.3) is 0 Å². The molecule has 2 aliphatic rings. The van der Waals surface area contributed by atoms with Crippen molar-refractivity contribution >= 4 is 0 Å². The van der Waals surface area contributed by atoms with Gasteiger partial charge >= 0.3 is 0 Å². The highest BCUT2D eigenvalue weighted by Crippen LogP contribution is 2.28. The highest BCUT2D eigenvalue weighted by molar-refractivity contribution is 5.33. The Kier molecular flexibility index (Phi) is 14.2. The number of aryl methyl sites for hydroxylation is 1. The third-order valence-corrected chi connectivity index (χ3v) is 6.97. The molecule has 1 saturated heterocycles. The average Bonchev–Trinajstić information content (AvgIpc) is 3.41. The number of allylic oxidation sites excluding steroid dienone is 7. The summed E-state index contributed by atoms with van der Waals surface area (Å²) in [5, 5.41) is 0. The molecule has 5 nitrogen and oxygen atoms in total. The minimum absolute atomic E-state index is 0.362. The van der Waals surface area contributed by atoms with Crippen LogP contribution in [0.15, 0.2) is 72.4 Å². The Morgan fingerprint density at radius 3 is 2.42 bits per heavy atom. The molecule has 3 heterocycles. The number of hydrogen-bond acceptors (Lipinski definition) is 4. The molecule has 0 amide bonds. The normalized spacial score (nSPS) is 18.2. The van der Waals surface area contributed by atoms with Gasteiger partial charge in [-0.05, 0) is 64.3 Å². The van der Waals surface area contributed by atoms with E-state index >= 15 is 0 Å². The molecule has 1 aromatic rings. The number of piperazine rings is 1. The quantitative estimate of drug-likeness (QED) is 0.276. The maximum absolute atomic E-state index is 4.47. The number of imidazole rings is 1. The van der Waals surface area contributed by atoms with E-state index in [1.807, 2.05) is 6.20 Å². The molecule has 1 N–H and O–H groups in total. The van der Waals surface area contributed by atoms with Gasteiger partial charge in [-0.1, -0.05) is 62.8 Å². The van der Waals surface area contributed by atoms with Crippen LogP contribution in [0.2, 0.25) is 0 Å². The Bertz CT molecular complexity index is 854. The van der Waals surface area contributed by atoms with Gasteiger partial charge in [-0.15, -0.1) is 0 Å². The van der Waals surface area contributed by atoms with Crippen molar-refractivity contribution < 1.29 is 0 Å². The van der Waals surface area contributed by atoms with Crippen LogP contribution in [0, 0.1) is 5.92 Å². The molecule has 0 aliphatic carbocycles. The van der Waals surface area contributed by atoms with Gasteiger partial charge in [0.25, 0.3) is 0 Å². The summed E-state index contributed by atoms with van der Waals surface area (Å²) < 4.78 is 0. The van der Waals surface area contributed by atoms with Gasteiger partial charge < -0.3 is 19.7 Å². The van der Waals surface area contributed by atoms with Gasteiger partial charge in [0, 0.05) is 63.3 Å². The molecule has 1 aromatic heterocycles. The summed E-state index contributed by atoms with van der Waals surface area (Å²) in [6.45, 7) is 21.0. The van der Waals surface area contributed by atoms with E-state index in [0.717, 1.165) is 25.9 Å². The second-order valence-electron chi connectivity index (χ2n) is 10.1. The van der Waals surface area contributed by atoms with Gasteiger partial charge in [-0.2, -0.15) is 0 Å². The van der Waals surface area contributed by atoms with Gasteiger partial charge in [0.2, 0.25) is 0 Å². The number of rotatable bonds is 12. The minimum Gasteiger partial charge on any atom is -0.374 e. The molecule has 0 saturated carbocycles. The lowest BCUT2D eigenvalue weighted by Crippen LogP contribution is -2.47. The summed E-state index contributed by atoms with van der Waals surface area (Å²) in [5.41, 5.74) is 5.13. The third-order valence-electron chi connectivity index (χ3n) is 6.97. The van der Waals surface area contributed by atoms with E-state index in [2.05, 4.69) is 102 Å². The zero-order chi connectivity index (χ0) is 26.2. The molecule has 1 atom stereocenters. The van der Waals surface area contributed by atoms with E-state index in [0.29, 0.717) is 5.92 Å². The topological polar surface area (TPSA) is 38.4 Å². The first kappa shape index (κ1) is 29.9. The van der Waals surface area contributed by atoms with Crippen LogP contribution in [0.1, 0.15) is 59.1 Å². The number of hydrogen-bond donors (Lipinski definition) is 1. The first-order valence-corrected chi connectivity index (χ1v) is 14.0. The van der Waals surface area contributed by atoms with E-state index in [-0.39, 0.29) is 0 Å². The van der Waals surface area contributed by atoms with Crippen LogP contribution in [-0.4, -0.2) is 77.5 Å². The predicted molar refractivity (Wildman–Crippen MR) is 156 cm³/mol. The monoisotopic (exact) mass is 493 g/mol. The third kappa shape index (κ3) is 10.7. The van der Waals surface area contributed by atoms with Gasteiger partial charge in [-0.3, -0.25) is 0 Å². The Balaban J connectivity index is 0.00000145. The fourth-order valence-corrected chi connectivity index (χ4v) is 4.59. The second-order valence-corrected chi connectivity index (χ2v) is 10.1. The summed E-state index contributed by atoms with van der Waals surface area (Å²) in [5.74, 6) is 0.362. The number of nitrogens with one attached hydrogen (secondary N) is 1. The molecule has 2 aliphatic heterocycles. The number of H-pyrrole nitrogens is 1. The van der Waals surface area contributed by atoms with Crippen molar-refractivity contribution in [3.05, 3.63) is 78.1 Å². The molecule has 0 bridgehead atoms. The first-order valence-electron chi connectivity index (χ1n) is 14.0. The van der Waals surface area contributed by atoms with Crippen LogP contribution >= 0.6 is 0 Å². The Morgan fingerprint density at radius 1 is 1.11 bits per heavy atom. The predicted octanol–water partition coefficient (Wildman–Crippen LogP) is 6.24. The first-order chi connectivity index (χ1) is 17.5. The number of unbranched alkanes of at least 4 members (excludes halogenated alkanes) is 1. The number of aromatic nitrogens is 2. The van der Waals surface area contributed by atoms with E-state index in [1.54, 1.807) is 6.33 Å². The van der Waals surface area contributed by atoms with E-state index in [9.17, 15) is 0 Å². The maximum Gasteiger partial charge on any atom is 0.0921 e. The van der Waals surface area contributed by atoms with Crippen LogP contribution in [0.4, 0.5) is 0 Å². The van der Waals surface area contributed by atoms with Crippen molar-refractivity contribution in [3.63, 3.8) is 0 Å². The fraction of sp³-hybridized carbons (Fsp3) is 0.581. The van der Waals surface area contributed by atoms with Crippen molar-refractivity contribution in [2.75, 3.05) is 52.9 Å². The molecule has 3 rings (SSSR count). The summed E-state index contributed by atoms with van der Waals surface area (Å²) in [4.78, 5) is 14.9. The molecule has 5 heteroatoms. The van der Waals surface area contributed by atoms with E-state index in [4.69, 9.17) is 0 Å². The van der Waals surface area contributed by atoms with Crippen LogP contribution in [0.3, 0.4) is 0 Å². The van der Waals surface area contributed by atoms with Crippen molar-refractivity contribution in [1.82, 2.24) is 24.7 Å². The molecule has 1 fully saturated rings. The lowest BCUT2D eigenvalue weighted by Gasteiger charge is -2.36. The lowest BCUT2D eigenvalue weighted by atomic mass is 9.90. The van der Waals surface area contributed by atoms with Crippen molar-refractivity contribution in [2.45, 2.75) is 59.8 Å². The Hall–Kier alpha value is -2.37. The molecule has 36 heavy (non-hydrogen) atoms. The zero-order valence-electron chi connectivity index (χ0n) is 23.7.